The van der Waals surface area contributed by atoms with Gasteiger partial charge in [0.2, 0.25) is 0 Å². The number of fused-ring (bicyclic) bond motifs is 5. The maximum atomic E-state index is 13.1. The van der Waals surface area contributed by atoms with E-state index in [2.05, 4.69) is 0 Å². The number of hydrogen-bond donors (Lipinski definition) is 0. The third kappa shape index (κ3) is 2.84. The molecule has 4 unspecified atom stereocenters. The fourth-order valence-corrected chi connectivity index (χ4v) is 6.10. The Morgan fingerprint density at radius 1 is 1.00 bits per heavy atom. The molecule has 3 saturated carbocycles. The average Bonchev–Trinajstić information content (AvgIpc) is 3.40. The van der Waals surface area contributed by atoms with Gasteiger partial charge in [-0.25, -0.2) is 0 Å². The molecule has 2 aromatic carbocycles. The molecule has 4 atom stereocenters. The zero-order valence-electron chi connectivity index (χ0n) is 15.6. The largest absolute Gasteiger partial charge is 0.460 e. The van der Waals surface area contributed by atoms with Crippen molar-refractivity contribution < 1.29 is 14.3 Å². The van der Waals surface area contributed by atoms with Crippen LogP contribution in [0, 0.1) is 23.2 Å². The van der Waals surface area contributed by atoms with Gasteiger partial charge >= 0.3 is 5.97 Å². The van der Waals surface area contributed by atoms with Crippen LogP contribution >= 0.6 is 0 Å². The van der Waals surface area contributed by atoms with Gasteiger partial charge in [-0.15, -0.1) is 0 Å². The number of carbonyl (C=O) groups excluding carboxylic acids is 1. The molecule has 3 fully saturated rings. The summed E-state index contributed by atoms with van der Waals surface area (Å²) in [6, 6.07) is 17.6. The highest BCUT2D eigenvalue weighted by Gasteiger charge is 2.64. The first-order chi connectivity index (χ1) is 13.3. The fourth-order valence-electron chi connectivity index (χ4n) is 6.10. The molecule has 5 rings (SSSR count). The van der Waals surface area contributed by atoms with E-state index in [1.165, 1.54) is 32.1 Å². The zero-order chi connectivity index (χ0) is 18.3. The first-order valence-electron chi connectivity index (χ1n) is 10.2. The van der Waals surface area contributed by atoms with E-state index in [9.17, 15) is 4.79 Å². The van der Waals surface area contributed by atoms with Gasteiger partial charge in [0.1, 0.15) is 18.1 Å². The summed E-state index contributed by atoms with van der Waals surface area (Å²) in [5.41, 5.74) is 0.812. The Hall–Kier alpha value is -2.29. The van der Waals surface area contributed by atoms with Crippen molar-refractivity contribution in [1.29, 1.82) is 0 Å². The molecule has 3 nitrogen and oxygen atoms in total. The lowest BCUT2D eigenvalue weighted by Crippen LogP contribution is -2.41. The van der Waals surface area contributed by atoms with Crippen LogP contribution in [0.2, 0.25) is 0 Å². The van der Waals surface area contributed by atoms with Crippen LogP contribution in [0.15, 0.2) is 54.6 Å². The SMILES string of the molecule is O=C(OCc1cccc(Oc2ccccc2)c1)C12CCCC1C1CCC2C1. The number of carbonyl (C=O) groups is 1. The fraction of sp³-hybridized carbons (Fsp3) is 0.458. The lowest BCUT2D eigenvalue weighted by atomic mass is 9.68. The summed E-state index contributed by atoms with van der Waals surface area (Å²) in [5, 5.41) is 0. The summed E-state index contributed by atoms with van der Waals surface area (Å²) in [4.78, 5) is 13.1. The molecular weight excluding hydrogens is 336 g/mol. The van der Waals surface area contributed by atoms with Crippen molar-refractivity contribution >= 4 is 5.97 Å². The molecule has 0 N–H and O–H groups in total. The summed E-state index contributed by atoms with van der Waals surface area (Å²) in [5.74, 6) is 3.55. The average molecular weight is 362 g/mol. The Morgan fingerprint density at radius 3 is 2.74 bits per heavy atom. The van der Waals surface area contributed by atoms with Crippen LogP contribution in [-0.2, 0) is 16.1 Å². The predicted octanol–water partition coefficient (Wildman–Crippen LogP) is 5.74. The second-order valence-corrected chi connectivity index (χ2v) is 8.45. The monoisotopic (exact) mass is 362 g/mol. The number of esters is 1. The minimum atomic E-state index is -0.166. The van der Waals surface area contributed by atoms with E-state index >= 15 is 0 Å². The minimum Gasteiger partial charge on any atom is -0.460 e. The van der Waals surface area contributed by atoms with Gasteiger partial charge in [0.05, 0.1) is 5.41 Å². The minimum absolute atomic E-state index is 0.0616. The summed E-state index contributed by atoms with van der Waals surface area (Å²) in [7, 11) is 0. The van der Waals surface area contributed by atoms with Crippen LogP contribution in [-0.4, -0.2) is 5.97 Å². The van der Waals surface area contributed by atoms with Gasteiger partial charge in [0, 0.05) is 0 Å². The highest BCUT2D eigenvalue weighted by atomic mass is 16.5. The molecule has 2 bridgehead atoms. The van der Waals surface area contributed by atoms with E-state index in [4.69, 9.17) is 9.47 Å². The smallest absolute Gasteiger partial charge is 0.312 e. The van der Waals surface area contributed by atoms with Crippen LogP contribution in [0.3, 0.4) is 0 Å². The summed E-state index contributed by atoms with van der Waals surface area (Å²) in [6.07, 6.45) is 7.23. The first-order valence-corrected chi connectivity index (χ1v) is 10.2. The molecule has 0 heterocycles. The zero-order valence-corrected chi connectivity index (χ0v) is 15.6. The van der Waals surface area contributed by atoms with Crippen molar-refractivity contribution in [3.05, 3.63) is 60.2 Å². The maximum absolute atomic E-state index is 13.1. The van der Waals surface area contributed by atoms with Crippen molar-refractivity contribution in [2.24, 2.45) is 23.2 Å². The molecule has 0 aliphatic heterocycles. The number of para-hydroxylation sites is 1. The van der Waals surface area contributed by atoms with E-state index in [-0.39, 0.29) is 11.4 Å². The van der Waals surface area contributed by atoms with Gasteiger partial charge < -0.3 is 9.47 Å². The maximum Gasteiger partial charge on any atom is 0.312 e. The third-order valence-electron chi connectivity index (χ3n) is 7.17. The Labute approximate surface area is 160 Å². The molecule has 27 heavy (non-hydrogen) atoms. The number of rotatable bonds is 5. The quantitative estimate of drug-likeness (QED) is 0.636. The van der Waals surface area contributed by atoms with Crippen molar-refractivity contribution in [3.8, 4) is 11.5 Å². The normalized spacial score (nSPS) is 30.9. The first kappa shape index (κ1) is 16.9. The van der Waals surface area contributed by atoms with Crippen molar-refractivity contribution in [3.63, 3.8) is 0 Å². The van der Waals surface area contributed by atoms with Gasteiger partial charge in [0.25, 0.3) is 0 Å². The van der Waals surface area contributed by atoms with Crippen molar-refractivity contribution in [2.75, 3.05) is 0 Å². The van der Waals surface area contributed by atoms with E-state index in [1.54, 1.807) is 0 Å². The van der Waals surface area contributed by atoms with E-state index < -0.39 is 0 Å². The van der Waals surface area contributed by atoms with Gasteiger partial charge in [-0.2, -0.15) is 0 Å². The molecule has 3 aliphatic carbocycles. The highest BCUT2D eigenvalue weighted by molar-refractivity contribution is 5.79. The van der Waals surface area contributed by atoms with Crippen molar-refractivity contribution in [1.82, 2.24) is 0 Å². The predicted molar refractivity (Wildman–Crippen MR) is 103 cm³/mol. The number of benzene rings is 2. The van der Waals surface area contributed by atoms with Crippen LogP contribution in [0.25, 0.3) is 0 Å². The van der Waals surface area contributed by atoms with Crippen LogP contribution in [0.1, 0.15) is 44.1 Å². The molecule has 0 radical (unpaired) electrons. The topological polar surface area (TPSA) is 35.5 Å². The number of hydrogen-bond acceptors (Lipinski definition) is 3. The summed E-state index contributed by atoms with van der Waals surface area (Å²) in [6.45, 7) is 0.330. The van der Waals surface area contributed by atoms with Crippen molar-refractivity contribution in [2.45, 2.75) is 45.1 Å². The molecule has 3 heteroatoms. The molecule has 0 aromatic heterocycles. The summed E-state index contributed by atoms with van der Waals surface area (Å²) < 4.78 is 11.8. The highest BCUT2D eigenvalue weighted by Crippen LogP contribution is 2.66. The summed E-state index contributed by atoms with van der Waals surface area (Å²) >= 11 is 0. The van der Waals surface area contributed by atoms with Gasteiger partial charge in [-0.05, 0) is 79.7 Å². The molecule has 0 saturated heterocycles. The standard InChI is InChI=1S/C24H26O3/c25-23(24-13-5-10-22(24)18-11-12-19(24)15-18)26-16-17-6-4-9-21(14-17)27-20-7-2-1-3-8-20/h1-4,6-9,14,18-19,22H,5,10-13,15-16H2. The molecule has 0 amide bonds. The van der Waals surface area contributed by atoms with E-state index in [1.807, 2.05) is 54.6 Å². The van der Waals surface area contributed by atoms with Crippen LogP contribution < -0.4 is 4.74 Å². The Kier molecular flexibility index (Phi) is 4.18. The van der Waals surface area contributed by atoms with Crippen LogP contribution in [0.4, 0.5) is 0 Å². The molecule has 3 aliphatic rings. The molecular formula is C24H26O3. The Bertz CT molecular complexity index is 831. The Morgan fingerprint density at radius 2 is 1.85 bits per heavy atom. The Balaban J connectivity index is 1.27. The second-order valence-electron chi connectivity index (χ2n) is 8.45. The number of ether oxygens (including phenoxy) is 2. The third-order valence-corrected chi connectivity index (χ3v) is 7.17. The van der Waals surface area contributed by atoms with Crippen LogP contribution in [0.5, 0.6) is 11.5 Å². The van der Waals surface area contributed by atoms with Gasteiger partial charge in [0.15, 0.2) is 0 Å². The van der Waals surface area contributed by atoms with Gasteiger partial charge in [-0.3, -0.25) is 4.79 Å². The van der Waals surface area contributed by atoms with Gasteiger partial charge in [-0.1, -0.05) is 36.8 Å². The lowest BCUT2D eigenvalue weighted by molar-refractivity contribution is -0.163. The second kappa shape index (κ2) is 6.70. The van der Waals surface area contributed by atoms with E-state index in [0.717, 1.165) is 29.4 Å². The van der Waals surface area contributed by atoms with E-state index in [0.29, 0.717) is 18.4 Å². The molecule has 0 spiro atoms. The lowest BCUT2D eigenvalue weighted by Gasteiger charge is -2.37. The molecule has 140 valence electrons. The molecule has 2 aromatic rings.